The quantitative estimate of drug-likeness (QED) is 0.672. The lowest BCUT2D eigenvalue weighted by molar-refractivity contribution is -0.128. The zero-order valence-corrected chi connectivity index (χ0v) is 14.1. The molecule has 0 aromatic carbocycles. The van der Waals surface area contributed by atoms with Gasteiger partial charge >= 0.3 is 0 Å². The molecule has 1 amide bonds. The van der Waals surface area contributed by atoms with Gasteiger partial charge in [0, 0.05) is 19.1 Å². The lowest BCUT2D eigenvalue weighted by Gasteiger charge is -2.23. The van der Waals surface area contributed by atoms with Crippen molar-refractivity contribution in [3.8, 4) is 0 Å². The average Bonchev–Trinajstić information content (AvgIpc) is 2.37. The summed E-state index contributed by atoms with van der Waals surface area (Å²) in [6, 6.07) is 0. The first-order chi connectivity index (χ1) is 9.35. The smallest absolute Gasteiger partial charge is 0.225 e. The van der Waals surface area contributed by atoms with Crippen molar-refractivity contribution in [3.63, 3.8) is 0 Å². The van der Waals surface area contributed by atoms with Gasteiger partial charge in [-0.15, -0.1) is 0 Å². The highest BCUT2D eigenvalue weighted by Gasteiger charge is 2.22. The van der Waals surface area contributed by atoms with Crippen LogP contribution >= 0.6 is 0 Å². The Balaban J connectivity index is 4.11. The molecule has 0 rings (SSSR count). The van der Waals surface area contributed by atoms with Crippen molar-refractivity contribution < 1.29 is 14.3 Å². The molecule has 4 heteroatoms. The Morgan fingerprint density at radius 1 is 1.20 bits per heavy atom. The highest BCUT2D eigenvalue weighted by molar-refractivity contribution is 5.81. The molecule has 0 aromatic heterocycles. The van der Waals surface area contributed by atoms with E-state index in [4.69, 9.17) is 9.47 Å². The van der Waals surface area contributed by atoms with Gasteiger partial charge in [0.25, 0.3) is 0 Å². The number of hydrogen-bond donors (Lipinski definition) is 1. The van der Waals surface area contributed by atoms with Crippen molar-refractivity contribution in [1.29, 1.82) is 0 Å². The van der Waals surface area contributed by atoms with Gasteiger partial charge in [0.2, 0.25) is 5.91 Å². The second kappa shape index (κ2) is 10.2. The standard InChI is InChI=1S/C16H33NO3/c1-7-9-14(12-19-6)20-11-13(8-2)10-17-15(18)16(3,4)5/h13-14H,7-12H2,1-6H3,(H,17,18). The summed E-state index contributed by atoms with van der Waals surface area (Å²) in [5.41, 5.74) is -0.333. The number of amides is 1. The fourth-order valence-electron chi connectivity index (χ4n) is 1.82. The Labute approximate surface area is 124 Å². The van der Waals surface area contributed by atoms with E-state index in [2.05, 4.69) is 19.2 Å². The first-order valence-corrected chi connectivity index (χ1v) is 7.73. The Morgan fingerprint density at radius 3 is 2.30 bits per heavy atom. The van der Waals surface area contributed by atoms with Crippen molar-refractivity contribution in [1.82, 2.24) is 5.32 Å². The molecule has 0 saturated heterocycles. The molecule has 0 fully saturated rings. The fourth-order valence-corrected chi connectivity index (χ4v) is 1.82. The number of hydrogen-bond acceptors (Lipinski definition) is 3. The van der Waals surface area contributed by atoms with Gasteiger partial charge in [-0.2, -0.15) is 0 Å². The van der Waals surface area contributed by atoms with Crippen LogP contribution in [0.5, 0.6) is 0 Å². The summed E-state index contributed by atoms with van der Waals surface area (Å²) in [7, 11) is 1.70. The summed E-state index contributed by atoms with van der Waals surface area (Å²) < 4.78 is 11.1. The van der Waals surface area contributed by atoms with Crippen LogP contribution in [0, 0.1) is 11.3 Å². The summed E-state index contributed by atoms with van der Waals surface area (Å²) in [6.07, 6.45) is 3.26. The van der Waals surface area contributed by atoms with Crippen LogP contribution in [0.15, 0.2) is 0 Å². The predicted octanol–water partition coefficient (Wildman–Crippen LogP) is 3.01. The van der Waals surface area contributed by atoms with E-state index in [1.165, 1.54) is 0 Å². The molecular weight excluding hydrogens is 254 g/mol. The summed E-state index contributed by atoms with van der Waals surface area (Å²) in [6.45, 7) is 12.0. The minimum Gasteiger partial charge on any atom is -0.382 e. The summed E-state index contributed by atoms with van der Waals surface area (Å²) in [5, 5.41) is 3.01. The molecule has 0 bridgehead atoms. The average molecular weight is 287 g/mol. The van der Waals surface area contributed by atoms with E-state index >= 15 is 0 Å². The van der Waals surface area contributed by atoms with Gasteiger partial charge < -0.3 is 14.8 Å². The Bertz CT molecular complexity index is 255. The maximum Gasteiger partial charge on any atom is 0.225 e. The summed E-state index contributed by atoms with van der Waals surface area (Å²) >= 11 is 0. The van der Waals surface area contributed by atoms with Gasteiger partial charge in [0.05, 0.1) is 19.3 Å². The van der Waals surface area contributed by atoms with Gasteiger partial charge in [-0.3, -0.25) is 4.79 Å². The van der Waals surface area contributed by atoms with E-state index in [1.807, 2.05) is 20.8 Å². The summed E-state index contributed by atoms with van der Waals surface area (Å²) in [4.78, 5) is 11.9. The molecule has 0 aliphatic carbocycles. The third kappa shape index (κ3) is 8.54. The molecule has 0 heterocycles. The van der Waals surface area contributed by atoms with Crippen molar-refractivity contribution in [2.24, 2.45) is 11.3 Å². The highest BCUT2D eigenvalue weighted by atomic mass is 16.5. The lowest BCUT2D eigenvalue weighted by atomic mass is 9.95. The maximum absolute atomic E-state index is 11.9. The third-order valence-electron chi connectivity index (χ3n) is 3.34. The molecule has 0 radical (unpaired) electrons. The van der Waals surface area contributed by atoms with Crippen LogP contribution in [-0.4, -0.2) is 38.9 Å². The molecular formula is C16H33NO3. The van der Waals surface area contributed by atoms with Crippen LogP contribution in [0.4, 0.5) is 0 Å². The van der Waals surface area contributed by atoms with Crippen LogP contribution in [0.25, 0.3) is 0 Å². The second-order valence-electron chi connectivity index (χ2n) is 6.43. The van der Waals surface area contributed by atoms with Crippen LogP contribution in [0.2, 0.25) is 0 Å². The first kappa shape index (κ1) is 19.4. The highest BCUT2D eigenvalue weighted by Crippen LogP contribution is 2.13. The summed E-state index contributed by atoms with van der Waals surface area (Å²) in [5.74, 6) is 0.454. The molecule has 0 saturated carbocycles. The van der Waals surface area contributed by atoms with Gasteiger partial charge in [0.15, 0.2) is 0 Å². The number of carbonyl (C=O) groups excluding carboxylic acids is 1. The maximum atomic E-state index is 11.9. The Kier molecular flexibility index (Phi) is 9.86. The molecule has 2 unspecified atom stereocenters. The number of ether oxygens (including phenoxy) is 2. The topological polar surface area (TPSA) is 47.6 Å². The Morgan fingerprint density at radius 2 is 1.85 bits per heavy atom. The number of carbonyl (C=O) groups is 1. The van der Waals surface area contributed by atoms with Gasteiger partial charge in [0.1, 0.15) is 0 Å². The van der Waals surface area contributed by atoms with Crippen molar-refractivity contribution >= 4 is 5.91 Å². The zero-order valence-electron chi connectivity index (χ0n) is 14.1. The molecule has 0 spiro atoms. The van der Waals surface area contributed by atoms with Crippen molar-refractivity contribution in [2.45, 2.75) is 60.0 Å². The number of rotatable bonds is 10. The van der Waals surface area contributed by atoms with Crippen LogP contribution in [-0.2, 0) is 14.3 Å². The van der Waals surface area contributed by atoms with Gasteiger partial charge in [-0.05, 0) is 18.8 Å². The molecule has 20 heavy (non-hydrogen) atoms. The molecule has 2 atom stereocenters. The SMILES string of the molecule is CCCC(COC)OCC(CC)CNC(=O)C(C)(C)C. The van der Waals surface area contributed by atoms with Gasteiger partial charge in [-0.1, -0.05) is 41.0 Å². The fraction of sp³-hybridized carbons (Fsp3) is 0.938. The molecule has 120 valence electrons. The van der Waals surface area contributed by atoms with Crippen LogP contribution in [0.1, 0.15) is 53.9 Å². The first-order valence-electron chi connectivity index (χ1n) is 7.73. The monoisotopic (exact) mass is 287 g/mol. The molecule has 4 nitrogen and oxygen atoms in total. The molecule has 1 N–H and O–H groups in total. The molecule has 0 aromatic rings. The zero-order chi connectivity index (χ0) is 15.6. The van der Waals surface area contributed by atoms with Gasteiger partial charge in [-0.25, -0.2) is 0 Å². The third-order valence-corrected chi connectivity index (χ3v) is 3.34. The van der Waals surface area contributed by atoms with E-state index in [0.29, 0.717) is 25.7 Å². The van der Waals surface area contributed by atoms with Crippen LogP contribution < -0.4 is 5.32 Å². The molecule has 0 aliphatic rings. The van der Waals surface area contributed by atoms with E-state index in [9.17, 15) is 4.79 Å². The predicted molar refractivity (Wildman–Crippen MR) is 82.8 cm³/mol. The second-order valence-corrected chi connectivity index (χ2v) is 6.43. The van der Waals surface area contributed by atoms with E-state index < -0.39 is 0 Å². The minimum absolute atomic E-state index is 0.0953. The van der Waals surface area contributed by atoms with Crippen LogP contribution in [0.3, 0.4) is 0 Å². The normalized spacial score (nSPS) is 14.9. The van der Waals surface area contributed by atoms with E-state index in [0.717, 1.165) is 19.3 Å². The largest absolute Gasteiger partial charge is 0.382 e. The lowest BCUT2D eigenvalue weighted by Crippen LogP contribution is -2.39. The number of nitrogens with one attached hydrogen (secondary N) is 1. The van der Waals surface area contributed by atoms with Crippen molar-refractivity contribution in [3.05, 3.63) is 0 Å². The van der Waals surface area contributed by atoms with E-state index in [1.54, 1.807) is 7.11 Å². The Hall–Kier alpha value is -0.610. The van der Waals surface area contributed by atoms with Crippen molar-refractivity contribution in [2.75, 3.05) is 26.9 Å². The minimum atomic E-state index is -0.333. The molecule has 0 aliphatic heterocycles. The number of methoxy groups -OCH3 is 1. The van der Waals surface area contributed by atoms with E-state index in [-0.39, 0.29) is 17.4 Å².